The number of nitrogens with zero attached hydrogens (tertiary/aromatic N) is 2. The molecule has 2 heterocycles. The summed E-state index contributed by atoms with van der Waals surface area (Å²) in [5, 5.41) is 7.55. The van der Waals surface area contributed by atoms with Crippen molar-refractivity contribution in [2.75, 3.05) is 18.1 Å². The number of hydrogen-bond acceptors (Lipinski definition) is 5. The first kappa shape index (κ1) is 20.9. The molecule has 0 saturated heterocycles. The molecular weight excluding hydrogens is 394 g/mol. The summed E-state index contributed by atoms with van der Waals surface area (Å²) in [6, 6.07) is 7.33. The molecule has 0 bridgehead atoms. The van der Waals surface area contributed by atoms with Crippen molar-refractivity contribution in [3.8, 4) is 0 Å². The molecule has 154 valence electrons. The Kier molecular flexibility index (Phi) is 6.59. The number of aromatic nitrogens is 2. The Morgan fingerprint density at radius 2 is 1.86 bits per heavy atom. The van der Waals surface area contributed by atoms with Crippen molar-refractivity contribution in [2.45, 2.75) is 39.5 Å². The standard InChI is InChI=1S/C21H24ClN3O4/c1-4-9-16-18(20(26)28-5-2)17(13-10-7-8-11-15(13)22)14-12-23-24-19(14)25(16)21(27)29-6-3/h7-8,10-12,17H,4-6,9H2,1-3H3,(H,23,24). The quantitative estimate of drug-likeness (QED) is 0.683. The van der Waals surface area contributed by atoms with Crippen molar-refractivity contribution in [2.24, 2.45) is 0 Å². The summed E-state index contributed by atoms with van der Waals surface area (Å²) >= 11 is 6.50. The highest BCUT2D eigenvalue weighted by Crippen LogP contribution is 2.47. The lowest BCUT2D eigenvalue weighted by molar-refractivity contribution is -0.138. The van der Waals surface area contributed by atoms with Crippen LogP contribution < -0.4 is 4.90 Å². The van der Waals surface area contributed by atoms with Gasteiger partial charge in [-0.15, -0.1) is 0 Å². The number of amides is 1. The molecule has 1 atom stereocenters. The molecule has 29 heavy (non-hydrogen) atoms. The van der Waals surface area contributed by atoms with E-state index in [4.69, 9.17) is 21.1 Å². The Bertz CT molecular complexity index is 938. The molecule has 0 spiro atoms. The van der Waals surface area contributed by atoms with Crippen LogP contribution in [0.2, 0.25) is 5.02 Å². The number of allylic oxidation sites excluding steroid dienone is 1. The van der Waals surface area contributed by atoms with Crippen LogP contribution in [0.5, 0.6) is 0 Å². The fourth-order valence-corrected chi connectivity index (χ4v) is 3.85. The van der Waals surface area contributed by atoms with Crippen molar-refractivity contribution < 1.29 is 19.1 Å². The number of esters is 1. The third kappa shape index (κ3) is 3.87. The fourth-order valence-electron chi connectivity index (χ4n) is 3.61. The van der Waals surface area contributed by atoms with Gasteiger partial charge in [0, 0.05) is 22.2 Å². The van der Waals surface area contributed by atoms with Crippen molar-refractivity contribution in [3.63, 3.8) is 0 Å². The predicted octanol–water partition coefficient (Wildman–Crippen LogP) is 4.79. The van der Waals surface area contributed by atoms with Gasteiger partial charge < -0.3 is 9.47 Å². The molecule has 1 aliphatic heterocycles. The second kappa shape index (κ2) is 9.13. The number of ether oxygens (including phenoxy) is 2. The molecule has 0 fully saturated rings. The topological polar surface area (TPSA) is 84.5 Å². The van der Waals surface area contributed by atoms with Crippen LogP contribution >= 0.6 is 11.6 Å². The largest absolute Gasteiger partial charge is 0.463 e. The van der Waals surface area contributed by atoms with E-state index in [-0.39, 0.29) is 13.2 Å². The zero-order chi connectivity index (χ0) is 21.0. The Balaban J connectivity index is 2.30. The molecule has 3 rings (SSSR count). The van der Waals surface area contributed by atoms with Crippen LogP contribution in [0.15, 0.2) is 41.7 Å². The van der Waals surface area contributed by atoms with Crippen LogP contribution in [0, 0.1) is 0 Å². The summed E-state index contributed by atoms with van der Waals surface area (Å²) < 4.78 is 10.6. The number of rotatable bonds is 6. The van der Waals surface area contributed by atoms with Gasteiger partial charge in [-0.05, 0) is 31.9 Å². The maximum Gasteiger partial charge on any atom is 0.419 e. The predicted molar refractivity (Wildman–Crippen MR) is 110 cm³/mol. The SMILES string of the molecule is CCCC1=C(C(=O)OCC)C(c2ccccc2Cl)c2cn[nH]c2N1C(=O)OCC. The van der Waals surface area contributed by atoms with Gasteiger partial charge in [0.15, 0.2) is 0 Å². The van der Waals surface area contributed by atoms with Crippen LogP contribution in [-0.4, -0.2) is 35.5 Å². The Morgan fingerprint density at radius 1 is 1.14 bits per heavy atom. The van der Waals surface area contributed by atoms with Crippen LogP contribution in [0.1, 0.15) is 50.7 Å². The molecule has 1 aromatic carbocycles. The maximum atomic E-state index is 13.1. The zero-order valence-corrected chi connectivity index (χ0v) is 17.5. The number of halogens is 1. The first-order valence-electron chi connectivity index (χ1n) is 9.69. The van der Waals surface area contributed by atoms with Gasteiger partial charge in [0.25, 0.3) is 0 Å². The Hall–Kier alpha value is -2.80. The van der Waals surface area contributed by atoms with Crippen LogP contribution in [0.4, 0.5) is 10.6 Å². The summed E-state index contributed by atoms with van der Waals surface area (Å²) in [5.41, 5.74) is 2.32. The van der Waals surface area contributed by atoms with Gasteiger partial charge in [0.05, 0.1) is 25.0 Å². The molecule has 1 unspecified atom stereocenters. The third-order valence-corrected chi connectivity index (χ3v) is 5.04. The summed E-state index contributed by atoms with van der Waals surface area (Å²) in [6.45, 7) is 5.89. The van der Waals surface area contributed by atoms with E-state index >= 15 is 0 Å². The van der Waals surface area contributed by atoms with Gasteiger partial charge in [-0.25, -0.2) is 14.5 Å². The van der Waals surface area contributed by atoms with Gasteiger partial charge in [0.1, 0.15) is 5.82 Å². The van der Waals surface area contributed by atoms with E-state index in [1.807, 2.05) is 25.1 Å². The molecule has 1 aromatic heterocycles. The minimum Gasteiger partial charge on any atom is -0.463 e. The Morgan fingerprint density at radius 3 is 2.52 bits per heavy atom. The smallest absolute Gasteiger partial charge is 0.419 e. The van der Waals surface area contributed by atoms with Crippen LogP contribution in [0.3, 0.4) is 0 Å². The highest BCUT2D eigenvalue weighted by molar-refractivity contribution is 6.31. The van der Waals surface area contributed by atoms with Gasteiger partial charge in [0.2, 0.25) is 0 Å². The first-order chi connectivity index (χ1) is 14.0. The lowest BCUT2D eigenvalue weighted by Crippen LogP contribution is -2.38. The Labute approximate surface area is 174 Å². The molecule has 0 radical (unpaired) electrons. The summed E-state index contributed by atoms with van der Waals surface area (Å²) in [4.78, 5) is 27.3. The van der Waals surface area contributed by atoms with Crippen molar-refractivity contribution in [3.05, 3.63) is 57.9 Å². The number of carbonyl (C=O) groups is 2. The molecule has 1 N–H and O–H groups in total. The van der Waals surface area contributed by atoms with Crippen molar-refractivity contribution in [1.29, 1.82) is 0 Å². The maximum absolute atomic E-state index is 13.1. The number of aromatic amines is 1. The monoisotopic (exact) mass is 417 g/mol. The normalized spacial score (nSPS) is 15.9. The summed E-state index contributed by atoms with van der Waals surface area (Å²) in [6.07, 6.45) is 2.23. The summed E-state index contributed by atoms with van der Waals surface area (Å²) in [7, 11) is 0. The van der Waals surface area contributed by atoms with Crippen LogP contribution in [0.25, 0.3) is 0 Å². The molecule has 1 amide bonds. The highest BCUT2D eigenvalue weighted by Gasteiger charge is 2.42. The third-order valence-electron chi connectivity index (χ3n) is 4.70. The molecular formula is C21H24ClN3O4. The average molecular weight is 418 g/mol. The number of carbonyl (C=O) groups excluding carboxylic acids is 2. The van der Waals surface area contributed by atoms with E-state index in [2.05, 4.69) is 10.2 Å². The van der Waals surface area contributed by atoms with E-state index in [1.165, 1.54) is 4.90 Å². The van der Waals surface area contributed by atoms with E-state index in [0.717, 1.165) is 5.56 Å². The number of H-pyrrole nitrogens is 1. The molecule has 8 heteroatoms. The first-order valence-corrected chi connectivity index (χ1v) is 10.1. The van der Waals surface area contributed by atoms with E-state index < -0.39 is 18.0 Å². The van der Waals surface area contributed by atoms with Crippen molar-refractivity contribution in [1.82, 2.24) is 10.2 Å². The summed E-state index contributed by atoms with van der Waals surface area (Å²) in [5.74, 6) is -0.518. The number of hydrogen-bond donors (Lipinski definition) is 1. The minimum absolute atomic E-state index is 0.209. The lowest BCUT2D eigenvalue weighted by Gasteiger charge is -2.34. The van der Waals surface area contributed by atoms with Gasteiger partial charge >= 0.3 is 12.1 Å². The second-order valence-corrected chi connectivity index (χ2v) is 6.90. The molecule has 0 aliphatic carbocycles. The molecule has 0 saturated carbocycles. The van der Waals surface area contributed by atoms with E-state index in [9.17, 15) is 9.59 Å². The molecule has 2 aromatic rings. The fraction of sp³-hybridized carbons (Fsp3) is 0.381. The zero-order valence-electron chi connectivity index (χ0n) is 16.7. The van der Waals surface area contributed by atoms with Gasteiger partial charge in [-0.1, -0.05) is 43.1 Å². The molecule has 1 aliphatic rings. The number of nitrogens with one attached hydrogen (secondary N) is 1. The molecule has 7 nitrogen and oxygen atoms in total. The van der Waals surface area contributed by atoms with Gasteiger partial charge in [-0.3, -0.25) is 5.10 Å². The van der Waals surface area contributed by atoms with E-state index in [0.29, 0.717) is 40.5 Å². The average Bonchev–Trinajstić information content (AvgIpc) is 3.17. The van der Waals surface area contributed by atoms with Crippen molar-refractivity contribution >= 4 is 29.5 Å². The number of fused-ring (bicyclic) bond motifs is 1. The number of benzene rings is 1. The second-order valence-electron chi connectivity index (χ2n) is 6.49. The van der Waals surface area contributed by atoms with E-state index in [1.54, 1.807) is 26.1 Å². The highest BCUT2D eigenvalue weighted by atomic mass is 35.5. The van der Waals surface area contributed by atoms with Gasteiger partial charge in [-0.2, -0.15) is 5.10 Å². The minimum atomic E-state index is -0.569. The lowest BCUT2D eigenvalue weighted by atomic mass is 9.81. The van der Waals surface area contributed by atoms with Crippen LogP contribution in [-0.2, 0) is 14.3 Å². The number of anilines is 1.